The summed E-state index contributed by atoms with van der Waals surface area (Å²) in [5, 5.41) is 4.21. The third-order valence-corrected chi connectivity index (χ3v) is 5.29. The Bertz CT molecular complexity index is 564. The maximum absolute atomic E-state index is 12.4. The van der Waals surface area contributed by atoms with Gasteiger partial charge in [0.1, 0.15) is 4.90 Å². The maximum Gasteiger partial charge on any atom is 0.243 e. The highest BCUT2D eigenvalue weighted by molar-refractivity contribution is 7.89. The van der Waals surface area contributed by atoms with Gasteiger partial charge in [0.2, 0.25) is 10.0 Å². The van der Waals surface area contributed by atoms with Gasteiger partial charge in [-0.2, -0.15) is 5.10 Å². The van der Waals surface area contributed by atoms with Crippen LogP contribution in [-0.4, -0.2) is 44.0 Å². The van der Waals surface area contributed by atoms with Crippen LogP contribution in [0.3, 0.4) is 0 Å². The highest BCUT2D eigenvalue weighted by Crippen LogP contribution is 2.21. The van der Waals surface area contributed by atoms with Gasteiger partial charge in [0.05, 0.1) is 12.2 Å². The molecule has 1 fully saturated rings. The Labute approximate surface area is 132 Å². The highest BCUT2D eigenvalue weighted by atomic mass is 32.2. The molecule has 1 saturated heterocycles. The number of nitrogens with zero attached hydrogens (tertiary/aromatic N) is 2. The predicted octanol–water partition coefficient (Wildman–Crippen LogP) is 0.886. The topological polar surface area (TPSA) is 99.2 Å². The van der Waals surface area contributed by atoms with E-state index >= 15 is 0 Å². The van der Waals surface area contributed by atoms with Crippen molar-refractivity contribution in [3.05, 3.63) is 12.4 Å². The Morgan fingerprint density at radius 1 is 1.45 bits per heavy atom. The van der Waals surface area contributed by atoms with Crippen LogP contribution in [0.1, 0.15) is 39.2 Å². The van der Waals surface area contributed by atoms with Crippen LogP contribution in [-0.2, 0) is 14.8 Å². The third-order valence-electron chi connectivity index (χ3n) is 3.82. The van der Waals surface area contributed by atoms with Gasteiger partial charge in [-0.25, -0.2) is 13.1 Å². The van der Waals surface area contributed by atoms with Crippen molar-refractivity contribution in [2.24, 2.45) is 11.7 Å². The molecule has 7 nitrogen and oxygen atoms in total. The molecule has 2 heterocycles. The van der Waals surface area contributed by atoms with Crippen LogP contribution in [0.15, 0.2) is 17.3 Å². The van der Waals surface area contributed by atoms with Crippen LogP contribution in [0.2, 0.25) is 0 Å². The van der Waals surface area contributed by atoms with Crippen molar-refractivity contribution in [2.45, 2.75) is 50.1 Å². The number of hydrogen-bond acceptors (Lipinski definition) is 5. The lowest BCUT2D eigenvalue weighted by Gasteiger charge is -2.22. The van der Waals surface area contributed by atoms with Crippen molar-refractivity contribution in [3.63, 3.8) is 0 Å². The molecule has 126 valence electrons. The van der Waals surface area contributed by atoms with Crippen molar-refractivity contribution < 1.29 is 13.2 Å². The molecule has 1 aromatic heterocycles. The van der Waals surface area contributed by atoms with E-state index in [0.29, 0.717) is 25.6 Å². The van der Waals surface area contributed by atoms with Crippen molar-refractivity contribution in [2.75, 3.05) is 19.8 Å². The van der Waals surface area contributed by atoms with Crippen LogP contribution in [0, 0.1) is 5.92 Å². The molecule has 1 unspecified atom stereocenters. The van der Waals surface area contributed by atoms with E-state index in [1.54, 1.807) is 10.9 Å². The van der Waals surface area contributed by atoms with Crippen LogP contribution in [0.25, 0.3) is 0 Å². The number of aromatic nitrogens is 2. The number of hydrogen-bond donors (Lipinski definition) is 2. The second kappa shape index (κ2) is 7.54. The summed E-state index contributed by atoms with van der Waals surface area (Å²) < 4.78 is 34.6. The summed E-state index contributed by atoms with van der Waals surface area (Å²) in [4.78, 5) is 0.196. The molecule has 22 heavy (non-hydrogen) atoms. The van der Waals surface area contributed by atoms with Crippen molar-refractivity contribution >= 4 is 10.0 Å². The van der Waals surface area contributed by atoms with Gasteiger partial charge in [-0.3, -0.25) is 4.68 Å². The minimum Gasteiger partial charge on any atom is -0.381 e. The second-order valence-corrected chi connectivity index (χ2v) is 7.90. The van der Waals surface area contributed by atoms with Gasteiger partial charge < -0.3 is 10.5 Å². The number of rotatable bonds is 7. The lowest BCUT2D eigenvalue weighted by molar-refractivity contribution is 0.0662. The van der Waals surface area contributed by atoms with E-state index in [4.69, 9.17) is 10.5 Å². The summed E-state index contributed by atoms with van der Waals surface area (Å²) in [5.74, 6) is 0.376. The van der Waals surface area contributed by atoms with E-state index in [1.165, 1.54) is 6.20 Å². The monoisotopic (exact) mass is 330 g/mol. The maximum atomic E-state index is 12.4. The van der Waals surface area contributed by atoms with Crippen LogP contribution in [0.4, 0.5) is 0 Å². The number of ether oxygens (including phenoxy) is 1. The number of nitrogens with one attached hydrogen (secondary N) is 1. The Morgan fingerprint density at radius 2 is 2.14 bits per heavy atom. The van der Waals surface area contributed by atoms with Gasteiger partial charge in [0.15, 0.2) is 0 Å². The summed E-state index contributed by atoms with van der Waals surface area (Å²) in [7, 11) is -3.58. The molecular formula is C14H26N4O3S. The van der Waals surface area contributed by atoms with E-state index in [0.717, 1.165) is 12.8 Å². The van der Waals surface area contributed by atoms with Gasteiger partial charge in [0.25, 0.3) is 0 Å². The quantitative estimate of drug-likeness (QED) is 0.773. The van der Waals surface area contributed by atoms with Gasteiger partial charge >= 0.3 is 0 Å². The van der Waals surface area contributed by atoms with Crippen LogP contribution >= 0.6 is 0 Å². The van der Waals surface area contributed by atoms with Crippen molar-refractivity contribution in [3.8, 4) is 0 Å². The minimum absolute atomic E-state index is 0.196. The predicted molar refractivity (Wildman–Crippen MR) is 83.9 cm³/mol. The molecule has 0 amide bonds. The fourth-order valence-corrected chi connectivity index (χ4v) is 3.86. The van der Waals surface area contributed by atoms with E-state index in [-0.39, 0.29) is 23.5 Å². The molecule has 1 aliphatic rings. The second-order valence-electron chi connectivity index (χ2n) is 6.18. The summed E-state index contributed by atoms with van der Waals surface area (Å²) in [5.41, 5.74) is 5.67. The molecule has 0 bridgehead atoms. The Morgan fingerprint density at radius 3 is 2.73 bits per heavy atom. The fourth-order valence-electron chi connectivity index (χ4n) is 2.66. The number of nitrogens with two attached hydrogens (primary N) is 1. The largest absolute Gasteiger partial charge is 0.381 e. The van der Waals surface area contributed by atoms with Gasteiger partial charge in [-0.15, -0.1) is 0 Å². The van der Waals surface area contributed by atoms with E-state index in [1.807, 2.05) is 13.8 Å². The SMILES string of the molecule is CC(C)CC(CN)NS(=O)(=O)c1cnn(C2CCOCC2)c1. The van der Waals surface area contributed by atoms with E-state index < -0.39 is 10.0 Å². The fraction of sp³-hybridized carbons (Fsp3) is 0.786. The standard InChI is InChI=1S/C14H26N4O3S/c1-11(2)7-12(8-15)17-22(19,20)14-9-16-18(10-14)13-3-5-21-6-4-13/h9-13,17H,3-8,15H2,1-2H3. The van der Waals surface area contributed by atoms with Crippen molar-refractivity contribution in [1.82, 2.24) is 14.5 Å². The number of sulfonamides is 1. The summed E-state index contributed by atoms with van der Waals surface area (Å²) in [6, 6.07) is -0.0462. The summed E-state index contributed by atoms with van der Waals surface area (Å²) in [6.45, 7) is 5.74. The van der Waals surface area contributed by atoms with Crippen LogP contribution in [0.5, 0.6) is 0 Å². The molecule has 8 heteroatoms. The minimum atomic E-state index is -3.58. The summed E-state index contributed by atoms with van der Waals surface area (Å²) in [6.07, 6.45) is 5.42. The molecule has 1 aliphatic heterocycles. The zero-order valence-corrected chi connectivity index (χ0v) is 14.1. The molecule has 0 aromatic carbocycles. The Hall–Kier alpha value is -0.960. The smallest absolute Gasteiger partial charge is 0.243 e. The summed E-state index contributed by atoms with van der Waals surface area (Å²) >= 11 is 0. The average molecular weight is 330 g/mol. The van der Waals surface area contributed by atoms with Gasteiger partial charge in [-0.05, 0) is 25.2 Å². The van der Waals surface area contributed by atoms with E-state index in [9.17, 15) is 8.42 Å². The van der Waals surface area contributed by atoms with Crippen LogP contribution < -0.4 is 10.5 Å². The molecule has 0 radical (unpaired) electrons. The zero-order chi connectivity index (χ0) is 16.2. The molecule has 1 aromatic rings. The molecule has 3 N–H and O–H groups in total. The first kappa shape index (κ1) is 17.4. The molecular weight excluding hydrogens is 304 g/mol. The Balaban J connectivity index is 2.07. The van der Waals surface area contributed by atoms with E-state index in [2.05, 4.69) is 9.82 Å². The Kier molecular flexibility index (Phi) is 5.96. The first-order valence-electron chi connectivity index (χ1n) is 7.76. The first-order chi connectivity index (χ1) is 10.4. The normalized spacial score (nSPS) is 18.7. The molecule has 1 atom stereocenters. The lowest BCUT2D eigenvalue weighted by Crippen LogP contribution is -2.40. The average Bonchev–Trinajstić information content (AvgIpc) is 2.97. The van der Waals surface area contributed by atoms with Crippen molar-refractivity contribution in [1.29, 1.82) is 0 Å². The first-order valence-corrected chi connectivity index (χ1v) is 9.25. The zero-order valence-electron chi connectivity index (χ0n) is 13.2. The highest BCUT2D eigenvalue weighted by Gasteiger charge is 2.23. The van der Waals surface area contributed by atoms with Gasteiger partial charge in [-0.1, -0.05) is 13.8 Å². The lowest BCUT2D eigenvalue weighted by atomic mass is 10.1. The molecule has 0 saturated carbocycles. The molecule has 0 aliphatic carbocycles. The molecule has 0 spiro atoms. The molecule has 2 rings (SSSR count). The third kappa shape index (κ3) is 4.52. The van der Waals surface area contributed by atoms with Gasteiger partial charge in [0, 0.05) is 32.0 Å².